The molecule has 2 amide bonds. The Labute approximate surface area is 154 Å². The number of hydrogen-bond donors (Lipinski definition) is 0. The van der Waals surface area contributed by atoms with Crippen LogP contribution in [0.1, 0.15) is 54.7 Å². The van der Waals surface area contributed by atoms with Gasteiger partial charge in [-0.1, -0.05) is 48.5 Å². The molecule has 1 atom stereocenters. The molecule has 1 aliphatic rings. The highest BCUT2D eigenvalue weighted by molar-refractivity contribution is 6.09. The molecule has 0 radical (unpaired) electrons. The molecule has 0 fully saturated rings. The minimum atomic E-state index is -0.790. The van der Waals surface area contributed by atoms with E-state index in [2.05, 4.69) is 0 Å². The molecule has 0 bridgehead atoms. The first kappa shape index (κ1) is 18.2. The molecule has 0 N–H and O–H groups in total. The van der Waals surface area contributed by atoms with E-state index in [1.807, 2.05) is 62.4 Å². The Balaban J connectivity index is 2.11. The van der Waals surface area contributed by atoms with E-state index in [0.29, 0.717) is 12.0 Å². The molecular weight excluding hydrogens is 326 g/mol. The monoisotopic (exact) mass is 351 g/mol. The number of benzene rings is 2. The van der Waals surface area contributed by atoms with Crippen LogP contribution in [-0.2, 0) is 16.7 Å². The zero-order valence-corrected chi connectivity index (χ0v) is 16.0. The first-order valence-corrected chi connectivity index (χ1v) is 8.85. The van der Waals surface area contributed by atoms with Gasteiger partial charge in [-0.2, -0.15) is 0 Å². The third-order valence-electron chi connectivity index (χ3n) is 4.73. The summed E-state index contributed by atoms with van der Waals surface area (Å²) in [5.41, 5.74) is 1.95. The van der Waals surface area contributed by atoms with E-state index in [1.165, 1.54) is 4.90 Å². The highest BCUT2D eigenvalue weighted by atomic mass is 16.6. The predicted molar refractivity (Wildman–Crippen MR) is 101 cm³/mol. The normalized spacial score (nSPS) is 19.4. The lowest BCUT2D eigenvalue weighted by Crippen LogP contribution is -2.49. The average Bonchev–Trinajstić information content (AvgIpc) is 2.75. The van der Waals surface area contributed by atoms with Crippen LogP contribution < -0.4 is 0 Å². The Morgan fingerprint density at radius 1 is 1.08 bits per heavy atom. The standard InChI is InChI=1S/C22H25NO3/c1-15-10-9-13-17-18(15)19(24)23(20(25)26-21(2,3)4)22(17,5)14-16-11-7-6-8-12-16/h6-13H,14H2,1-5H3. The number of imide groups is 1. The Kier molecular flexibility index (Phi) is 4.39. The van der Waals surface area contributed by atoms with Crippen LogP contribution >= 0.6 is 0 Å². The van der Waals surface area contributed by atoms with Crippen molar-refractivity contribution in [3.05, 3.63) is 70.8 Å². The second kappa shape index (κ2) is 6.27. The van der Waals surface area contributed by atoms with Crippen molar-refractivity contribution in [2.75, 3.05) is 0 Å². The van der Waals surface area contributed by atoms with Gasteiger partial charge in [-0.25, -0.2) is 9.69 Å². The highest BCUT2D eigenvalue weighted by Crippen LogP contribution is 2.43. The van der Waals surface area contributed by atoms with E-state index in [1.54, 1.807) is 20.8 Å². The molecule has 0 saturated heterocycles. The first-order valence-electron chi connectivity index (χ1n) is 8.85. The van der Waals surface area contributed by atoms with Crippen molar-refractivity contribution in [1.29, 1.82) is 0 Å². The largest absolute Gasteiger partial charge is 0.443 e. The van der Waals surface area contributed by atoms with Crippen LogP contribution in [0.2, 0.25) is 0 Å². The molecule has 2 aromatic rings. The molecule has 4 heteroatoms. The van der Waals surface area contributed by atoms with Crippen LogP contribution in [0, 0.1) is 6.92 Å². The molecule has 0 aliphatic carbocycles. The number of aryl methyl sites for hydroxylation is 1. The number of carbonyl (C=O) groups is 2. The topological polar surface area (TPSA) is 46.6 Å². The van der Waals surface area contributed by atoms with Gasteiger partial charge >= 0.3 is 6.09 Å². The molecule has 1 aliphatic heterocycles. The van der Waals surface area contributed by atoms with E-state index in [9.17, 15) is 9.59 Å². The SMILES string of the molecule is Cc1cccc2c1C(=O)N(C(=O)OC(C)(C)C)C2(C)Cc1ccccc1. The van der Waals surface area contributed by atoms with Crippen molar-refractivity contribution in [1.82, 2.24) is 4.90 Å². The van der Waals surface area contributed by atoms with Crippen LogP contribution in [0.25, 0.3) is 0 Å². The number of amides is 2. The fourth-order valence-electron chi connectivity index (χ4n) is 3.62. The van der Waals surface area contributed by atoms with Gasteiger partial charge in [0.05, 0.1) is 5.54 Å². The summed E-state index contributed by atoms with van der Waals surface area (Å²) in [5.74, 6) is -0.286. The van der Waals surface area contributed by atoms with Crippen LogP contribution in [0.5, 0.6) is 0 Å². The van der Waals surface area contributed by atoms with Gasteiger partial charge in [0.2, 0.25) is 0 Å². The summed E-state index contributed by atoms with van der Waals surface area (Å²) >= 11 is 0. The van der Waals surface area contributed by atoms with Crippen LogP contribution in [0.15, 0.2) is 48.5 Å². The molecule has 136 valence electrons. The van der Waals surface area contributed by atoms with Crippen molar-refractivity contribution in [3.8, 4) is 0 Å². The Bertz CT molecular complexity index is 851. The van der Waals surface area contributed by atoms with Gasteiger partial charge in [0.15, 0.2) is 0 Å². The van der Waals surface area contributed by atoms with Crippen molar-refractivity contribution in [2.45, 2.75) is 52.2 Å². The van der Waals surface area contributed by atoms with Gasteiger partial charge in [0.25, 0.3) is 5.91 Å². The van der Waals surface area contributed by atoms with E-state index in [4.69, 9.17) is 4.74 Å². The van der Waals surface area contributed by atoms with Gasteiger partial charge in [0, 0.05) is 12.0 Å². The molecule has 1 unspecified atom stereocenters. The zero-order chi connectivity index (χ0) is 19.1. The summed E-state index contributed by atoms with van der Waals surface area (Å²) in [6, 6.07) is 15.7. The molecule has 0 saturated carbocycles. The molecule has 0 aromatic heterocycles. The molecule has 0 spiro atoms. The zero-order valence-electron chi connectivity index (χ0n) is 16.0. The molecular formula is C22H25NO3. The smallest absolute Gasteiger partial charge is 0.418 e. The first-order chi connectivity index (χ1) is 12.1. The minimum Gasteiger partial charge on any atom is -0.443 e. The number of fused-ring (bicyclic) bond motifs is 1. The molecule has 3 rings (SSSR count). The third kappa shape index (κ3) is 3.12. The predicted octanol–water partition coefficient (Wildman–Crippen LogP) is 4.84. The van der Waals surface area contributed by atoms with Gasteiger partial charge in [-0.15, -0.1) is 0 Å². The maximum Gasteiger partial charge on any atom is 0.418 e. The van der Waals surface area contributed by atoms with Gasteiger partial charge in [-0.05, 0) is 51.3 Å². The van der Waals surface area contributed by atoms with Gasteiger partial charge < -0.3 is 4.74 Å². The maximum atomic E-state index is 13.2. The number of ether oxygens (including phenoxy) is 1. The number of carbonyl (C=O) groups excluding carboxylic acids is 2. The fourth-order valence-corrected chi connectivity index (χ4v) is 3.62. The molecule has 4 nitrogen and oxygen atoms in total. The van der Waals surface area contributed by atoms with Gasteiger partial charge in [-0.3, -0.25) is 4.79 Å². The molecule has 26 heavy (non-hydrogen) atoms. The van der Waals surface area contributed by atoms with Gasteiger partial charge in [0.1, 0.15) is 5.60 Å². The van der Waals surface area contributed by atoms with Crippen LogP contribution in [-0.4, -0.2) is 22.5 Å². The lowest BCUT2D eigenvalue weighted by Gasteiger charge is -2.35. The Hall–Kier alpha value is -2.62. The molecule has 1 heterocycles. The second-order valence-corrected chi connectivity index (χ2v) is 8.05. The summed E-state index contributed by atoms with van der Waals surface area (Å²) in [6.45, 7) is 9.25. The summed E-state index contributed by atoms with van der Waals surface area (Å²) < 4.78 is 5.56. The van der Waals surface area contributed by atoms with E-state index in [-0.39, 0.29) is 5.91 Å². The summed E-state index contributed by atoms with van der Waals surface area (Å²) in [6.07, 6.45) is -0.0635. The summed E-state index contributed by atoms with van der Waals surface area (Å²) in [5, 5.41) is 0. The maximum absolute atomic E-state index is 13.2. The van der Waals surface area contributed by atoms with Crippen molar-refractivity contribution in [2.24, 2.45) is 0 Å². The molecule has 2 aromatic carbocycles. The fraction of sp³-hybridized carbons (Fsp3) is 0.364. The highest BCUT2D eigenvalue weighted by Gasteiger charge is 2.51. The quantitative estimate of drug-likeness (QED) is 0.777. The Morgan fingerprint density at radius 2 is 1.73 bits per heavy atom. The second-order valence-electron chi connectivity index (χ2n) is 8.05. The van der Waals surface area contributed by atoms with Crippen molar-refractivity contribution < 1.29 is 14.3 Å². The van der Waals surface area contributed by atoms with Crippen LogP contribution in [0.3, 0.4) is 0 Å². The van der Waals surface area contributed by atoms with E-state index >= 15 is 0 Å². The third-order valence-corrected chi connectivity index (χ3v) is 4.73. The minimum absolute atomic E-state index is 0.286. The number of rotatable bonds is 2. The van der Waals surface area contributed by atoms with Crippen molar-refractivity contribution in [3.63, 3.8) is 0 Å². The number of hydrogen-bond acceptors (Lipinski definition) is 3. The Morgan fingerprint density at radius 3 is 2.35 bits per heavy atom. The van der Waals surface area contributed by atoms with Crippen LogP contribution in [0.4, 0.5) is 4.79 Å². The van der Waals surface area contributed by atoms with Crippen molar-refractivity contribution >= 4 is 12.0 Å². The van der Waals surface area contributed by atoms with E-state index in [0.717, 1.165) is 16.7 Å². The summed E-state index contributed by atoms with van der Waals surface area (Å²) in [4.78, 5) is 27.4. The lowest BCUT2D eigenvalue weighted by molar-refractivity contribution is 0.00671. The lowest BCUT2D eigenvalue weighted by atomic mass is 9.84. The summed E-state index contributed by atoms with van der Waals surface area (Å²) in [7, 11) is 0. The average molecular weight is 351 g/mol. The van der Waals surface area contributed by atoms with E-state index < -0.39 is 17.2 Å². The number of nitrogens with zero attached hydrogens (tertiary/aromatic N) is 1.